The highest BCUT2D eigenvalue weighted by atomic mass is 16.5. The van der Waals surface area contributed by atoms with Crippen molar-refractivity contribution in [1.29, 1.82) is 0 Å². The molecule has 2 aliphatic rings. The fraction of sp³-hybridized carbons (Fsp3) is 0.941. The molecule has 0 spiro atoms. The van der Waals surface area contributed by atoms with Gasteiger partial charge in [-0.2, -0.15) is 0 Å². The smallest absolute Gasteiger partial charge is 0.329 e. The second-order valence-corrected chi connectivity index (χ2v) is 6.56. The first-order valence-corrected chi connectivity index (χ1v) is 8.73. The highest BCUT2D eigenvalue weighted by Gasteiger charge is 2.52. The molecule has 122 valence electrons. The summed E-state index contributed by atoms with van der Waals surface area (Å²) in [5.74, 6) is 0.953. The summed E-state index contributed by atoms with van der Waals surface area (Å²) in [7, 11) is 0. The number of hydrogen-bond acceptors (Lipinski definition) is 4. The zero-order valence-corrected chi connectivity index (χ0v) is 13.7. The quantitative estimate of drug-likeness (QED) is 0.630. The van der Waals surface area contributed by atoms with Crippen LogP contribution in [-0.4, -0.2) is 37.9 Å². The second kappa shape index (κ2) is 8.14. The first kappa shape index (κ1) is 16.8. The van der Waals surface area contributed by atoms with Gasteiger partial charge in [0, 0.05) is 6.61 Å². The van der Waals surface area contributed by atoms with Crippen molar-refractivity contribution in [3.05, 3.63) is 0 Å². The molecule has 2 fully saturated rings. The van der Waals surface area contributed by atoms with E-state index in [-0.39, 0.29) is 5.97 Å². The van der Waals surface area contributed by atoms with Crippen molar-refractivity contribution in [2.45, 2.75) is 64.3 Å². The van der Waals surface area contributed by atoms with E-state index >= 15 is 0 Å². The van der Waals surface area contributed by atoms with Gasteiger partial charge in [0.15, 0.2) is 0 Å². The fourth-order valence-electron chi connectivity index (χ4n) is 3.36. The van der Waals surface area contributed by atoms with Crippen LogP contribution in [0.1, 0.15) is 58.8 Å². The number of rotatable bonds is 10. The van der Waals surface area contributed by atoms with Crippen LogP contribution in [0.3, 0.4) is 0 Å². The van der Waals surface area contributed by atoms with Crippen molar-refractivity contribution in [3.63, 3.8) is 0 Å². The normalized spacial score (nSPS) is 22.2. The van der Waals surface area contributed by atoms with Crippen molar-refractivity contribution in [1.82, 2.24) is 5.32 Å². The SMILES string of the molecule is CCCNC(COCC1CCCC1)(C(=O)OCC)C1CC1. The molecule has 2 saturated carbocycles. The highest BCUT2D eigenvalue weighted by Crippen LogP contribution is 2.41. The van der Waals surface area contributed by atoms with Gasteiger partial charge in [-0.1, -0.05) is 19.8 Å². The molecule has 1 N–H and O–H groups in total. The van der Waals surface area contributed by atoms with Crippen LogP contribution in [0.4, 0.5) is 0 Å². The van der Waals surface area contributed by atoms with Crippen LogP contribution in [0, 0.1) is 11.8 Å². The predicted octanol–water partition coefficient (Wildman–Crippen LogP) is 2.90. The molecule has 0 aromatic heterocycles. The summed E-state index contributed by atoms with van der Waals surface area (Å²) in [6.45, 7) is 6.52. The Hall–Kier alpha value is -0.610. The molecule has 4 nitrogen and oxygen atoms in total. The predicted molar refractivity (Wildman–Crippen MR) is 83.2 cm³/mol. The molecule has 0 aromatic rings. The lowest BCUT2D eigenvalue weighted by Crippen LogP contribution is -2.58. The summed E-state index contributed by atoms with van der Waals surface area (Å²) < 4.78 is 11.3. The summed E-state index contributed by atoms with van der Waals surface area (Å²) in [6, 6.07) is 0. The Bertz CT molecular complexity index is 324. The van der Waals surface area contributed by atoms with Crippen LogP contribution < -0.4 is 5.32 Å². The second-order valence-electron chi connectivity index (χ2n) is 6.56. The standard InChI is InChI=1S/C17H31NO3/c1-3-11-18-17(15-9-10-15,16(19)21-4-2)13-20-12-14-7-5-6-8-14/h14-15,18H,3-13H2,1-2H3. The third-order valence-corrected chi connectivity index (χ3v) is 4.76. The topological polar surface area (TPSA) is 47.6 Å². The minimum Gasteiger partial charge on any atom is -0.465 e. The Morgan fingerprint density at radius 3 is 2.48 bits per heavy atom. The Morgan fingerprint density at radius 2 is 1.90 bits per heavy atom. The van der Waals surface area contributed by atoms with Gasteiger partial charge in [0.05, 0.1) is 13.2 Å². The molecule has 0 aromatic carbocycles. The van der Waals surface area contributed by atoms with E-state index in [4.69, 9.17) is 9.47 Å². The maximum absolute atomic E-state index is 12.5. The van der Waals surface area contributed by atoms with Crippen molar-refractivity contribution >= 4 is 5.97 Å². The molecular formula is C17H31NO3. The van der Waals surface area contributed by atoms with Gasteiger partial charge in [0.1, 0.15) is 5.54 Å². The van der Waals surface area contributed by atoms with Gasteiger partial charge in [-0.25, -0.2) is 4.79 Å². The van der Waals surface area contributed by atoms with E-state index in [0.717, 1.165) is 32.4 Å². The summed E-state index contributed by atoms with van der Waals surface area (Å²) in [6.07, 6.45) is 8.42. The van der Waals surface area contributed by atoms with Crippen LogP contribution in [0.2, 0.25) is 0 Å². The van der Waals surface area contributed by atoms with Crippen LogP contribution in [0.5, 0.6) is 0 Å². The summed E-state index contributed by atoms with van der Waals surface area (Å²) in [5.41, 5.74) is -0.607. The molecule has 1 unspecified atom stereocenters. The number of hydrogen-bond donors (Lipinski definition) is 1. The minimum absolute atomic E-state index is 0.118. The van der Waals surface area contributed by atoms with E-state index in [1.807, 2.05) is 6.92 Å². The maximum atomic E-state index is 12.5. The monoisotopic (exact) mass is 297 g/mol. The lowest BCUT2D eigenvalue weighted by Gasteiger charge is -2.33. The molecule has 0 aliphatic heterocycles. The van der Waals surface area contributed by atoms with Gasteiger partial charge >= 0.3 is 5.97 Å². The number of carbonyl (C=O) groups excluding carboxylic acids is 1. The lowest BCUT2D eigenvalue weighted by molar-refractivity contribution is -0.156. The van der Waals surface area contributed by atoms with Crippen LogP contribution in [0.25, 0.3) is 0 Å². The molecule has 2 aliphatic carbocycles. The van der Waals surface area contributed by atoms with E-state index in [1.165, 1.54) is 25.7 Å². The lowest BCUT2D eigenvalue weighted by atomic mass is 9.93. The van der Waals surface area contributed by atoms with Gasteiger partial charge in [-0.15, -0.1) is 0 Å². The molecule has 0 bridgehead atoms. The fourth-order valence-corrected chi connectivity index (χ4v) is 3.36. The Morgan fingerprint density at radius 1 is 1.19 bits per heavy atom. The number of carbonyl (C=O) groups is 1. The molecule has 0 amide bonds. The third kappa shape index (κ3) is 4.43. The van der Waals surface area contributed by atoms with Crippen LogP contribution in [-0.2, 0) is 14.3 Å². The molecule has 21 heavy (non-hydrogen) atoms. The Balaban J connectivity index is 1.93. The van der Waals surface area contributed by atoms with Crippen molar-refractivity contribution in [3.8, 4) is 0 Å². The van der Waals surface area contributed by atoms with Gasteiger partial charge in [-0.3, -0.25) is 5.32 Å². The first-order chi connectivity index (χ1) is 10.2. The van der Waals surface area contributed by atoms with E-state index in [2.05, 4.69) is 12.2 Å². The minimum atomic E-state index is -0.607. The van der Waals surface area contributed by atoms with Crippen LogP contribution in [0.15, 0.2) is 0 Å². The Labute approximate surface area is 129 Å². The van der Waals surface area contributed by atoms with Gasteiger partial charge < -0.3 is 9.47 Å². The number of ether oxygens (including phenoxy) is 2. The summed E-state index contributed by atoms with van der Waals surface area (Å²) in [4.78, 5) is 12.5. The van der Waals surface area contributed by atoms with Crippen molar-refractivity contribution < 1.29 is 14.3 Å². The van der Waals surface area contributed by atoms with E-state index in [1.54, 1.807) is 0 Å². The van der Waals surface area contributed by atoms with Crippen molar-refractivity contribution in [2.24, 2.45) is 11.8 Å². The zero-order chi connectivity index (χ0) is 15.1. The molecule has 0 heterocycles. The van der Waals surface area contributed by atoms with Gasteiger partial charge in [0.25, 0.3) is 0 Å². The molecular weight excluding hydrogens is 266 g/mol. The molecule has 0 saturated heterocycles. The van der Waals surface area contributed by atoms with E-state index in [9.17, 15) is 4.79 Å². The summed E-state index contributed by atoms with van der Waals surface area (Å²) >= 11 is 0. The summed E-state index contributed by atoms with van der Waals surface area (Å²) in [5, 5.41) is 3.46. The van der Waals surface area contributed by atoms with Crippen LogP contribution >= 0.6 is 0 Å². The average Bonchev–Trinajstić information content (AvgIpc) is 3.21. The van der Waals surface area contributed by atoms with Crippen molar-refractivity contribution in [2.75, 3.05) is 26.4 Å². The molecule has 0 radical (unpaired) electrons. The number of esters is 1. The highest BCUT2D eigenvalue weighted by molar-refractivity contribution is 5.82. The van der Waals surface area contributed by atoms with Gasteiger partial charge in [-0.05, 0) is 57.4 Å². The maximum Gasteiger partial charge on any atom is 0.329 e. The van der Waals surface area contributed by atoms with E-state index in [0.29, 0.717) is 25.0 Å². The number of nitrogens with one attached hydrogen (secondary N) is 1. The molecule has 4 heteroatoms. The average molecular weight is 297 g/mol. The third-order valence-electron chi connectivity index (χ3n) is 4.76. The Kier molecular flexibility index (Phi) is 6.49. The van der Waals surface area contributed by atoms with Gasteiger partial charge in [0.2, 0.25) is 0 Å². The van der Waals surface area contributed by atoms with E-state index < -0.39 is 5.54 Å². The molecule has 2 rings (SSSR count). The zero-order valence-electron chi connectivity index (χ0n) is 13.7. The first-order valence-electron chi connectivity index (χ1n) is 8.73. The molecule has 1 atom stereocenters. The largest absolute Gasteiger partial charge is 0.465 e.